The fourth-order valence-corrected chi connectivity index (χ4v) is 3.69. The summed E-state index contributed by atoms with van der Waals surface area (Å²) >= 11 is 0. The highest BCUT2D eigenvalue weighted by Gasteiger charge is 2.38. The first-order chi connectivity index (χ1) is 17.2. The highest BCUT2D eigenvalue weighted by Crippen LogP contribution is 2.36. The second-order valence-electron chi connectivity index (χ2n) is 8.15. The summed E-state index contributed by atoms with van der Waals surface area (Å²) in [5.41, 5.74) is -1.01. The monoisotopic (exact) mass is 512 g/mol. The summed E-state index contributed by atoms with van der Waals surface area (Å²) in [6.07, 6.45) is -5.06. The molecule has 0 spiro atoms. The van der Waals surface area contributed by atoms with Crippen molar-refractivity contribution in [3.63, 3.8) is 0 Å². The van der Waals surface area contributed by atoms with Crippen LogP contribution in [0.15, 0.2) is 54.6 Å². The molecule has 1 heterocycles. The lowest BCUT2D eigenvalue weighted by molar-refractivity contribution is -0.212. The summed E-state index contributed by atoms with van der Waals surface area (Å²) in [6.45, 7) is 3.47. The third-order valence-electron chi connectivity index (χ3n) is 5.52. The first kappa shape index (κ1) is 26.0. The van der Waals surface area contributed by atoms with Gasteiger partial charge in [0.25, 0.3) is 0 Å². The molecular formula is C26H22F6O4. The number of hydrogen-bond acceptors (Lipinski definition) is 4. The Kier molecular flexibility index (Phi) is 7.87. The normalized spacial score (nSPS) is 18.3. The van der Waals surface area contributed by atoms with E-state index in [1.807, 2.05) is 6.92 Å². The summed E-state index contributed by atoms with van der Waals surface area (Å²) < 4.78 is 106. The maximum atomic E-state index is 14.7. The van der Waals surface area contributed by atoms with Gasteiger partial charge in [0.05, 0.1) is 25.4 Å². The van der Waals surface area contributed by atoms with Gasteiger partial charge in [0, 0.05) is 29.7 Å². The molecule has 0 aromatic heterocycles. The van der Waals surface area contributed by atoms with Gasteiger partial charge >= 0.3 is 6.11 Å². The maximum Gasteiger partial charge on any atom is 0.429 e. The van der Waals surface area contributed by atoms with Crippen LogP contribution < -0.4 is 4.74 Å². The van der Waals surface area contributed by atoms with E-state index in [9.17, 15) is 26.3 Å². The van der Waals surface area contributed by atoms with Crippen molar-refractivity contribution >= 4 is 0 Å². The Morgan fingerprint density at radius 2 is 1.58 bits per heavy atom. The minimum Gasteiger partial charge on any atom is -0.429 e. The zero-order chi connectivity index (χ0) is 25.9. The lowest BCUT2D eigenvalue weighted by Gasteiger charge is -2.29. The molecule has 4 rings (SSSR count). The molecule has 0 bridgehead atoms. The second kappa shape index (κ2) is 10.9. The molecule has 0 saturated carbocycles. The van der Waals surface area contributed by atoms with Crippen LogP contribution in [0.3, 0.4) is 0 Å². The zero-order valence-electron chi connectivity index (χ0n) is 19.1. The van der Waals surface area contributed by atoms with Gasteiger partial charge in [-0.25, -0.2) is 17.6 Å². The maximum absolute atomic E-state index is 14.7. The minimum absolute atomic E-state index is 0.00250. The van der Waals surface area contributed by atoms with Crippen LogP contribution in [0.2, 0.25) is 0 Å². The predicted octanol–water partition coefficient (Wildman–Crippen LogP) is 6.74. The highest BCUT2D eigenvalue weighted by molar-refractivity contribution is 5.65. The van der Waals surface area contributed by atoms with Crippen LogP contribution in [0.25, 0.3) is 11.1 Å². The van der Waals surface area contributed by atoms with E-state index in [2.05, 4.69) is 4.74 Å². The van der Waals surface area contributed by atoms with Gasteiger partial charge < -0.3 is 18.9 Å². The van der Waals surface area contributed by atoms with Gasteiger partial charge in [0.1, 0.15) is 17.4 Å². The Bertz CT molecular complexity index is 1210. The topological polar surface area (TPSA) is 36.9 Å². The molecule has 3 aromatic rings. The molecule has 1 saturated heterocycles. The molecule has 1 fully saturated rings. The molecule has 36 heavy (non-hydrogen) atoms. The zero-order valence-corrected chi connectivity index (χ0v) is 19.1. The Balaban J connectivity index is 1.46. The van der Waals surface area contributed by atoms with Crippen LogP contribution in [0, 0.1) is 29.2 Å². The van der Waals surface area contributed by atoms with Crippen molar-refractivity contribution in [3.8, 4) is 16.9 Å². The van der Waals surface area contributed by atoms with Crippen LogP contribution in [0.4, 0.5) is 26.3 Å². The molecule has 0 aliphatic carbocycles. The predicted molar refractivity (Wildman–Crippen MR) is 117 cm³/mol. The Morgan fingerprint density at radius 3 is 2.22 bits per heavy atom. The van der Waals surface area contributed by atoms with Gasteiger partial charge in [-0.15, -0.1) is 0 Å². The molecule has 0 unspecified atom stereocenters. The summed E-state index contributed by atoms with van der Waals surface area (Å²) in [6, 6.07) is 8.42. The molecular weight excluding hydrogens is 490 g/mol. The van der Waals surface area contributed by atoms with E-state index >= 15 is 0 Å². The smallest absolute Gasteiger partial charge is 0.429 e. The van der Waals surface area contributed by atoms with E-state index < -0.39 is 47.0 Å². The largest absolute Gasteiger partial charge is 0.429 e. The van der Waals surface area contributed by atoms with Gasteiger partial charge in [-0.1, -0.05) is 12.1 Å². The van der Waals surface area contributed by atoms with Crippen molar-refractivity contribution in [2.24, 2.45) is 5.92 Å². The fourth-order valence-electron chi connectivity index (χ4n) is 3.69. The summed E-state index contributed by atoms with van der Waals surface area (Å²) in [4.78, 5) is 0. The van der Waals surface area contributed by atoms with Crippen molar-refractivity contribution in [2.75, 3.05) is 26.4 Å². The molecule has 0 atom stereocenters. The van der Waals surface area contributed by atoms with Crippen molar-refractivity contribution in [2.45, 2.75) is 19.3 Å². The van der Waals surface area contributed by atoms with Gasteiger partial charge in [0.15, 0.2) is 17.9 Å². The molecule has 192 valence electrons. The van der Waals surface area contributed by atoms with E-state index in [1.54, 1.807) is 0 Å². The fraction of sp³-hybridized carbons (Fsp3) is 0.308. The molecule has 1 aliphatic rings. The Labute approximate surface area is 203 Å². The summed E-state index contributed by atoms with van der Waals surface area (Å²) in [5, 5.41) is 0. The van der Waals surface area contributed by atoms with E-state index in [0.717, 1.165) is 42.5 Å². The third-order valence-corrected chi connectivity index (χ3v) is 5.52. The van der Waals surface area contributed by atoms with Gasteiger partial charge in [-0.05, 0) is 48.9 Å². The van der Waals surface area contributed by atoms with E-state index in [1.165, 1.54) is 6.07 Å². The summed E-state index contributed by atoms with van der Waals surface area (Å²) in [7, 11) is 0. The molecule has 0 radical (unpaired) electrons. The van der Waals surface area contributed by atoms with Crippen LogP contribution in [-0.4, -0.2) is 26.4 Å². The van der Waals surface area contributed by atoms with Crippen molar-refractivity contribution in [1.82, 2.24) is 0 Å². The Hall–Kier alpha value is -3.08. The van der Waals surface area contributed by atoms with Gasteiger partial charge in [-0.2, -0.15) is 8.78 Å². The standard InChI is InChI=1S/C26H22F6O4/c1-2-33-12-15-13-34-25(35-14-15)17-3-7-20(23(29)10-17)26(31,32)36-18-5-6-19(22(28)11-18)16-4-8-21(27)24(30)9-16/h3-11,15,25H,2,12-14H2,1H3. The molecule has 3 aromatic carbocycles. The quantitative estimate of drug-likeness (QED) is 0.314. The van der Waals surface area contributed by atoms with Crippen molar-refractivity contribution in [3.05, 3.63) is 89.0 Å². The molecule has 4 nitrogen and oxygen atoms in total. The van der Waals surface area contributed by atoms with Crippen molar-refractivity contribution in [1.29, 1.82) is 0 Å². The van der Waals surface area contributed by atoms with E-state index in [0.29, 0.717) is 32.5 Å². The number of ether oxygens (including phenoxy) is 4. The molecule has 0 amide bonds. The lowest BCUT2D eigenvalue weighted by Crippen LogP contribution is -2.30. The van der Waals surface area contributed by atoms with Crippen molar-refractivity contribution < 1.29 is 45.3 Å². The Morgan fingerprint density at radius 1 is 0.833 bits per heavy atom. The molecule has 0 N–H and O–H groups in total. The minimum atomic E-state index is -4.14. The molecule has 1 aliphatic heterocycles. The number of rotatable bonds is 8. The first-order valence-corrected chi connectivity index (χ1v) is 11.1. The van der Waals surface area contributed by atoms with Gasteiger partial charge in [0.2, 0.25) is 0 Å². The second-order valence-corrected chi connectivity index (χ2v) is 8.15. The average Bonchev–Trinajstić information content (AvgIpc) is 2.84. The lowest BCUT2D eigenvalue weighted by atomic mass is 10.0. The summed E-state index contributed by atoms with van der Waals surface area (Å²) in [5.74, 6) is -5.16. The number of benzene rings is 3. The van der Waals surface area contributed by atoms with E-state index in [-0.39, 0.29) is 22.6 Å². The van der Waals surface area contributed by atoms with Crippen LogP contribution in [0.1, 0.15) is 24.3 Å². The van der Waals surface area contributed by atoms with Crippen LogP contribution in [-0.2, 0) is 20.3 Å². The SMILES string of the molecule is CCOCC1COC(c2ccc(C(F)(F)Oc3ccc(-c4ccc(F)c(F)c4)c(F)c3)c(F)c2)OC1. The highest BCUT2D eigenvalue weighted by atomic mass is 19.3. The number of halogens is 6. The number of hydrogen-bond donors (Lipinski definition) is 0. The van der Waals surface area contributed by atoms with E-state index in [4.69, 9.17) is 14.2 Å². The number of alkyl halides is 2. The average molecular weight is 512 g/mol. The van der Waals surface area contributed by atoms with Crippen LogP contribution in [0.5, 0.6) is 5.75 Å². The molecule has 10 heteroatoms. The third kappa shape index (κ3) is 5.83. The van der Waals surface area contributed by atoms with Crippen LogP contribution >= 0.6 is 0 Å². The first-order valence-electron chi connectivity index (χ1n) is 11.1. The van der Waals surface area contributed by atoms with Gasteiger partial charge in [-0.3, -0.25) is 0 Å².